The number of benzene rings is 3. The molecule has 0 heterocycles. The van der Waals surface area contributed by atoms with Gasteiger partial charge < -0.3 is 20.2 Å². The molecule has 0 aliphatic rings. The molecule has 9 heteroatoms. The second-order valence-corrected chi connectivity index (χ2v) is 12.3. The average Bonchev–Trinajstić information content (AvgIpc) is 2.93. The summed E-state index contributed by atoms with van der Waals surface area (Å²) in [5.74, 6) is -0.845. The van der Waals surface area contributed by atoms with E-state index in [9.17, 15) is 19.1 Å². The first-order valence-corrected chi connectivity index (χ1v) is 15.8. The maximum atomic E-state index is 14.0. The van der Waals surface area contributed by atoms with Crippen molar-refractivity contribution in [1.29, 1.82) is 0 Å². The molecule has 0 fully saturated rings. The highest BCUT2D eigenvalue weighted by molar-refractivity contribution is 14.1. The van der Waals surface area contributed by atoms with Crippen LogP contribution in [0.15, 0.2) is 60.7 Å². The molecule has 2 N–H and O–H groups in total. The van der Waals surface area contributed by atoms with Gasteiger partial charge in [0.25, 0.3) is 11.8 Å². The Labute approximate surface area is 267 Å². The van der Waals surface area contributed by atoms with Gasteiger partial charge in [-0.25, -0.2) is 4.39 Å². The summed E-state index contributed by atoms with van der Waals surface area (Å²) >= 11 is 8.32. The van der Waals surface area contributed by atoms with Crippen molar-refractivity contribution in [1.82, 2.24) is 15.1 Å². The number of nitrogens with one attached hydrogen (secondary N) is 1. The van der Waals surface area contributed by atoms with Crippen molar-refractivity contribution in [3.05, 3.63) is 103 Å². The van der Waals surface area contributed by atoms with Crippen LogP contribution in [0.3, 0.4) is 0 Å². The van der Waals surface area contributed by atoms with Crippen LogP contribution in [0, 0.1) is 16.3 Å². The lowest BCUT2D eigenvalue weighted by molar-refractivity contribution is 0.0624. The van der Waals surface area contributed by atoms with Crippen molar-refractivity contribution in [2.45, 2.75) is 52.7 Å². The standard InChI is InChI=1S/C33H40ClFIN3O3/c1-4-10-38(11-5-2)32(41)26-13-23(3)14-27(18-26)33(42)39(12-9-24-15-28(34)19-29(35)16-24)22-31(40)21-37-20-25-7-6-8-30(36)17-25/h6-8,13-19,31,37,40H,4-5,9-12,20-22H2,1-3H3/t31-/m1/s1. The zero-order chi connectivity index (χ0) is 30.6. The minimum absolute atomic E-state index is 0.0657. The van der Waals surface area contributed by atoms with E-state index in [4.69, 9.17) is 11.6 Å². The molecular weight excluding hydrogens is 668 g/mol. The van der Waals surface area contributed by atoms with Gasteiger partial charge >= 0.3 is 0 Å². The Balaban J connectivity index is 1.80. The van der Waals surface area contributed by atoms with Crippen LogP contribution in [0.2, 0.25) is 5.02 Å². The summed E-state index contributed by atoms with van der Waals surface area (Å²) < 4.78 is 15.1. The summed E-state index contributed by atoms with van der Waals surface area (Å²) in [4.78, 5) is 30.6. The number of carbonyl (C=O) groups excluding carboxylic acids is 2. The van der Waals surface area contributed by atoms with Gasteiger partial charge in [0.2, 0.25) is 0 Å². The van der Waals surface area contributed by atoms with Crippen LogP contribution in [-0.4, -0.2) is 65.5 Å². The minimum atomic E-state index is -0.844. The number of rotatable bonds is 15. The van der Waals surface area contributed by atoms with Crippen LogP contribution in [0.1, 0.15) is 64.1 Å². The Bertz CT molecular complexity index is 1330. The molecule has 0 spiro atoms. The van der Waals surface area contributed by atoms with E-state index >= 15 is 0 Å². The fourth-order valence-electron chi connectivity index (χ4n) is 4.89. The quantitative estimate of drug-likeness (QED) is 0.177. The lowest BCUT2D eigenvalue weighted by Gasteiger charge is -2.27. The summed E-state index contributed by atoms with van der Waals surface area (Å²) in [7, 11) is 0. The summed E-state index contributed by atoms with van der Waals surface area (Å²) in [6.45, 7) is 8.39. The average molecular weight is 708 g/mol. The molecule has 0 aromatic heterocycles. The van der Waals surface area contributed by atoms with Gasteiger partial charge in [-0.15, -0.1) is 0 Å². The number of hydrogen-bond acceptors (Lipinski definition) is 4. The predicted octanol–water partition coefficient (Wildman–Crippen LogP) is 6.49. The summed E-state index contributed by atoms with van der Waals surface area (Å²) in [6.07, 6.45) is 1.20. The third kappa shape index (κ3) is 10.6. The van der Waals surface area contributed by atoms with Crippen molar-refractivity contribution in [3.8, 4) is 0 Å². The second-order valence-electron chi connectivity index (χ2n) is 10.6. The molecule has 3 rings (SSSR count). The normalized spacial score (nSPS) is 11.8. The molecule has 2 amide bonds. The molecule has 6 nitrogen and oxygen atoms in total. The van der Waals surface area contributed by atoms with Gasteiger partial charge in [0, 0.05) is 59.0 Å². The first-order chi connectivity index (χ1) is 20.1. The van der Waals surface area contributed by atoms with Crippen LogP contribution in [-0.2, 0) is 13.0 Å². The lowest BCUT2D eigenvalue weighted by atomic mass is 10.0. The molecule has 0 radical (unpaired) electrons. The molecule has 0 aliphatic carbocycles. The smallest absolute Gasteiger partial charge is 0.253 e. The van der Waals surface area contributed by atoms with Crippen molar-refractivity contribution in [2.24, 2.45) is 0 Å². The van der Waals surface area contributed by atoms with Crippen LogP contribution in [0.4, 0.5) is 4.39 Å². The van der Waals surface area contributed by atoms with Crippen molar-refractivity contribution in [2.75, 3.05) is 32.7 Å². The van der Waals surface area contributed by atoms with Crippen LogP contribution in [0.5, 0.6) is 0 Å². The molecular formula is C33H40ClFIN3O3. The van der Waals surface area contributed by atoms with Crippen LogP contribution >= 0.6 is 34.2 Å². The van der Waals surface area contributed by atoms with Gasteiger partial charge in [-0.2, -0.15) is 0 Å². The number of carbonyl (C=O) groups is 2. The Hall–Kier alpha value is -2.53. The molecule has 3 aromatic carbocycles. The second kappa shape index (κ2) is 16.9. The van der Waals surface area contributed by atoms with Gasteiger partial charge in [-0.05, 0) is 114 Å². The lowest BCUT2D eigenvalue weighted by Crippen LogP contribution is -2.42. The first kappa shape index (κ1) is 34.0. The summed E-state index contributed by atoms with van der Waals surface area (Å²) in [5, 5.41) is 14.5. The van der Waals surface area contributed by atoms with Crippen LogP contribution < -0.4 is 5.32 Å². The molecule has 1 atom stereocenters. The van der Waals surface area contributed by atoms with Crippen molar-refractivity contribution < 1.29 is 19.1 Å². The van der Waals surface area contributed by atoms with E-state index in [-0.39, 0.29) is 36.5 Å². The molecule has 0 saturated heterocycles. The van der Waals surface area contributed by atoms with Crippen LogP contribution in [0.25, 0.3) is 0 Å². The molecule has 0 unspecified atom stereocenters. The first-order valence-electron chi connectivity index (χ1n) is 14.4. The maximum absolute atomic E-state index is 14.0. The Morgan fingerprint density at radius 1 is 0.929 bits per heavy atom. The van der Waals surface area contributed by atoms with Gasteiger partial charge in [-0.3, -0.25) is 9.59 Å². The molecule has 226 valence electrons. The fourth-order valence-corrected chi connectivity index (χ4v) is 5.75. The fraction of sp³-hybridized carbons (Fsp3) is 0.394. The van der Waals surface area contributed by atoms with Crippen molar-refractivity contribution in [3.63, 3.8) is 0 Å². The Morgan fingerprint density at radius 2 is 1.60 bits per heavy atom. The summed E-state index contributed by atoms with van der Waals surface area (Å²) in [5.41, 5.74) is 3.40. The minimum Gasteiger partial charge on any atom is -0.390 e. The largest absolute Gasteiger partial charge is 0.390 e. The molecule has 0 aliphatic heterocycles. The van der Waals surface area contributed by atoms with Gasteiger partial charge in [0.15, 0.2) is 0 Å². The number of aliphatic hydroxyl groups is 1. The molecule has 0 saturated carbocycles. The number of halogens is 3. The Morgan fingerprint density at radius 3 is 2.21 bits per heavy atom. The number of amides is 2. The molecule has 3 aromatic rings. The highest BCUT2D eigenvalue weighted by atomic mass is 127. The van der Waals surface area contributed by atoms with E-state index in [1.165, 1.54) is 12.1 Å². The topological polar surface area (TPSA) is 72.9 Å². The Kier molecular flexibility index (Phi) is 13.7. The zero-order valence-corrected chi connectivity index (χ0v) is 27.4. The SMILES string of the molecule is CCCN(CCC)C(=O)c1cc(C)cc(C(=O)N(CCc2cc(F)cc(Cl)c2)C[C@H](O)CNCc2cccc(I)c2)c1. The van der Waals surface area contributed by atoms with E-state index in [0.29, 0.717) is 42.7 Å². The van der Waals surface area contributed by atoms with Crippen molar-refractivity contribution >= 4 is 46.0 Å². The highest BCUT2D eigenvalue weighted by Crippen LogP contribution is 2.18. The van der Waals surface area contributed by atoms with Gasteiger partial charge in [0.05, 0.1) is 6.10 Å². The van der Waals surface area contributed by atoms with E-state index in [1.54, 1.807) is 29.2 Å². The highest BCUT2D eigenvalue weighted by Gasteiger charge is 2.22. The number of nitrogens with zero attached hydrogens (tertiary/aromatic N) is 2. The number of aliphatic hydroxyl groups excluding tert-OH is 1. The number of hydrogen-bond donors (Lipinski definition) is 2. The zero-order valence-electron chi connectivity index (χ0n) is 24.5. The number of aryl methyl sites for hydroxylation is 1. The summed E-state index contributed by atoms with van der Waals surface area (Å²) in [6, 6.07) is 17.6. The third-order valence-electron chi connectivity index (χ3n) is 6.75. The monoisotopic (exact) mass is 707 g/mol. The maximum Gasteiger partial charge on any atom is 0.253 e. The van der Waals surface area contributed by atoms with E-state index in [2.05, 4.69) is 34.0 Å². The predicted molar refractivity (Wildman–Crippen MR) is 176 cm³/mol. The van der Waals surface area contributed by atoms with Gasteiger partial charge in [0.1, 0.15) is 5.82 Å². The molecule has 42 heavy (non-hydrogen) atoms. The van der Waals surface area contributed by atoms with E-state index < -0.39 is 11.9 Å². The third-order valence-corrected chi connectivity index (χ3v) is 7.64. The van der Waals surface area contributed by atoms with E-state index in [1.807, 2.05) is 43.9 Å². The van der Waals surface area contributed by atoms with E-state index in [0.717, 1.165) is 27.5 Å². The van der Waals surface area contributed by atoms with Gasteiger partial charge in [-0.1, -0.05) is 37.6 Å². The molecule has 0 bridgehead atoms.